The van der Waals surface area contributed by atoms with Crippen molar-refractivity contribution in [2.45, 2.75) is 24.7 Å². The molecule has 0 unspecified atom stereocenters. The fraction of sp³-hybridized carbons (Fsp3) is 0.240. The lowest BCUT2D eigenvalue weighted by Gasteiger charge is -2.32. The molecule has 8 heteroatoms. The van der Waals surface area contributed by atoms with Crippen molar-refractivity contribution in [3.63, 3.8) is 0 Å². The minimum Gasteiger partial charge on any atom is -0.495 e. The molecule has 0 atom stereocenters. The highest BCUT2D eigenvalue weighted by Gasteiger charge is 2.31. The molecule has 1 heterocycles. The Morgan fingerprint density at radius 2 is 1.82 bits per heavy atom. The Morgan fingerprint density at radius 1 is 1.09 bits per heavy atom. The lowest BCUT2D eigenvalue weighted by atomic mass is 10.0. The summed E-state index contributed by atoms with van der Waals surface area (Å²) in [6.07, 6.45) is 1.71. The lowest BCUT2D eigenvalue weighted by molar-refractivity contribution is -0.117. The van der Waals surface area contributed by atoms with Crippen molar-refractivity contribution in [1.82, 2.24) is 0 Å². The Labute approximate surface area is 199 Å². The highest BCUT2D eigenvalue weighted by atomic mass is 35.5. The fourth-order valence-electron chi connectivity index (χ4n) is 3.96. The van der Waals surface area contributed by atoms with Crippen molar-refractivity contribution in [2.75, 3.05) is 29.4 Å². The molecule has 3 aromatic carbocycles. The zero-order valence-corrected chi connectivity index (χ0v) is 20.1. The van der Waals surface area contributed by atoms with E-state index in [1.165, 1.54) is 13.2 Å². The zero-order chi connectivity index (χ0) is 23.6. The van der Waals surface area contributed by atoms with Gasteiger partial charge >= 0.3 is 0 Å². The molecule has 33 heavy (non-hydrogen) atoms. The van der Waals surface area contributed by atoms with Crippen LogP contribution in [-0.4, -0.2) is 34.5 Å². The third-order valence-corrected chi connectivity index (χ3v) is 7.81. The van der Waals surface area contributed by atoms with Crippen LogP contribution in [0.3, 0.4) is 0 Å². The molecular formula is C25H25ClN2O4S. The summed E-state index contributed by atoms with van der Waals surface area (Å²) in [4.78, 5) is 15.2. The molecule has 172 valence electrons. The van der Waals surface area contributed by atoms with Crippen LogP contribution in [0.1, 0.15) is 17.5 Å². The van der Waals surface area contributed by atoms with E-state index in [1.54, 1.807) is 41.3 Å². The quantitative estimate of drug-likeness (QED) is 0.502. The second kappa shape index (κ2) is 9.45. The predicted molar refractivity (Wildman–Crippen MR) is 131 cm³/mol. The van der Waals surface area contributed by atoms with Crippen LogP contribution in [0.5, 0.6) is 5.75 Å². The lowest BCUT2D eigenvalue weighted by Crippen LogP contribution is -2.45. The number of hydrogen-bond acceptors (Lipinski definition) is 4. The molecule has 1 aliphatic heterocycles. The van der Waals surface area contributed by atoms with Crippen LogP contribution in [0.15, 0.2) is 71.6 Å². The zero-order valence-electron chi connectivity index (χ0n) is 18.5. The minimum absolute atomic E-state index is 0.104. The number of benzene rings is 3. The van der Waals surface area contributed by atoms with Gasteiger partial charge in [0.25, 0.3) is 10.0 Å². The number of fused-ring (bicyclic) bond motifs is 1. The summed E-state index contributed by atoms with van der Waals surface area (Å²) in [6, 6.07) is 19.0. The Morgan fingerprint density at radius 3 is 2.52 bits per heavy atom. The minimum atomic E-state index is -4.03. The van der Waals surface area contributed by atoms with Gasteiger partial charge in [0.2, 0.25) is 5.91 Å². The molecule has 0 radical (unpaired) electrons. The normalized spacial score (nSPS) is 13.4. The summed E-state index contributed by atoms with van der Waals surface area (Å²) >= 11 is 6.30. The number of ether oxygens (including phenoxy) is 1. The molecule has 0 fully saturated rings. The molecule has 1 aliphatic rings. The van der Waals surface area contributed by atoms with E-state index < -0.39 is 10.0 Å². The number of aryl methyl sites for hydroxylation is 2. The number of methoxy groups -OCH3 is 1. The molecular weight excluding hydrogens is 460 g/mol. The Balaban J connectivity index is 1.74. The van der Waals surface area contributed by atoms with E-state index in [2.05, 4.69) is 0 Å². The molecule has 3 aromatic rings. The van der Waals surface area contributed by atoms with Crippen LogP contribution >= 0.6 is 11.6 Å². The number of rotatable bonds is 6. The predicted octanol–water partition coefficient (Wildman–Crippen LogP) is 4.83. The molecule has 6 nitrogen and oxygen atoms in total. The van der Waals surface area contributed by atoms with Crippen molar-refractivity contribution >= 4 is 38.9 Å². The molecule has 0 aromatic heterocycles. The van der Waals surface area contributed by atoms with E-state index in [0.29, 0.717) is 18.0 Å². The number of hydrogen-bond donors (Lipinski definition) is 0. The van der Waals surface area contributed by atoms with Gasteiger partial charge in [-0.15, -0.1) is 0 Å². The van der Waals surface area contributed by atoms with Crippen LogP contribution in [0, 0.1) is 6.92 Å². The van der Waals surface area contributed by atoms with Gasteiger partial charge in [-0.1, -0.05) is 47.5 Å². The molecule has 0 bridgehead atoms. The van der Waals surface area contributed by atoms with Gasteiger partial charge in [-0.05, 0) is 61.7 Å². The summed E-state index contributed by atoms with van der Waals surface area (Å²) in [6.45, 7) is 2.07. The Bertz CT molecular complexity index is 1280. The second-order valence-electron chi connectivity index (χ2n) is 7.92. The first-order valence-electron chi connectivity index (χ1n) is 10.6. The fourth-order valence-corrected chi connectivity index (χ4v) is 5.62. The Kier molecular flexibility index (Phi) is 6.63. The van der Waals surface area contributed by atoms with Crippen LogP contribution in [0.2, 0.25) is 5.02 Å². The van der Waals surface area contributed by atoms with E-state index in [4.69, 9.17) is 16.3 Å². The molecule has 0 aliphatic carbocycles. The van der Waals surface area contributed by atoms with Crippen LogP contribution in [-0.2, 0) is 21.2 Å². The number of carbonyl (C=O) groups excluding carboxylic acids is 1. The highest BCUT2D eigenvalue weighted by molar-refractivity contribution is 7.92. The van der Waals surface area contributed by atoms with Crippen molar-refractivity contribution in [3.05, 3.63) is 82.9 Å². The number of anilines is 2. The van der Waals surface area contributed by atoms with Gasteiger partial charge < -0.3 is 9.64 Å². The van der Waals surface area contributed by atoms with Crippen molar-refractivity contribution in [3.8, 4) is 5.75 Å². The first-order chi connectivity index (χ1) is 15.8. The van der Waals surface area contributed by atoms with E-state index in [-0.39, 0.29) is 22.4 Å². The van der Waals surface area contributed by atoms with Gasteiger partial charge in [-0.25, -0.2) is 8.42 Å². The van der Waals surface area contributed by atoms with Crippen molar-refractivity contribution in [1.29, 1.82) is 0 Å². The number of para-hydroxylation sites is 1. The number of halogens is 1. The van der Waals surface area contributed by atoms with E-state index in [0.717, 1.165) is 34.0 Å². The maximum atomic E-state index is 13.7. The van der Waals surface area contributed by atoms with Crippen LogP contribution in [0.25, 0.3) is 0 Å². The number of carbonyl (C=O) groups is 1. The summed E-state index contributed by atoms with van der Waals surface area (Å²) in [5, 5.41) is 0.259. The van der Waals surface area contributed by atoms with Gasteiger partial charge in [-0.3, -0.25) is 9.10 Å². The van der Waals surface area contributed by atoms with E-state index in [9.17, 15) is 13.2 Å². The average Bonchev–Trinajstić information content (AvgIpc) is 2.82. The first kappa shape index (κ1) is 23.1. The third kappa shape index (κ3) is 4.70. The summed E-state index contributed by atoms with van der Waals surface area (Å²) in [5.74, 6) is 0.120. The summed E-state index contributed by atoms with van der Waals surface area (Å²) < 4.78 is 33.6. The van der Waals surface area contributed by atoms with E-state index >= 15 is 0 Å². The van der Waals surface area contributed by atoms with Gasteiger partial charge in [0.15, 0.2) is 0 Å². The topological polar surface area (TPSA) is 66.9 Å². The Hall–Kier alpha value is -3.03. The summed E-state index contributed by atoms with van der Waals surface area (Å²) in [7, 11) is -2.55. The smallest absolute Gasteiger partial charge is 0.264 e. The molecule has 0 N–H and O–H groups in total. The maximum Gasteiger partial charge on any atom is 0.264 e. The largest absolute Gasteiger partial charge is 0.495 e. The number of sulfonamides is 1. The molecule has 0 spiro atoms. The monoisotopic (exact) mass is 484 g/mol. The summed E-state index contributed by atoms with van der Waals surface area (Å²) in [5.41, 5.74) is 3.14. The molecule has 1 amide bonds. The second-order valence-corrected chi connectivity index (χ2v) is 10.2. The van der Waals surface area contributed by atoms with Crippen molar-refractivity contribution in [2.24, 2.45) is 0 Å². The third-order valence-electron chi connectivity index (χ3n) is 5.72. The number of amides is 1. The van der Waals surface area contributed by atoms with E-state index in [1.807, 2.05) is 31.2 Å². The molecule has 4 rings (SSSR count). The van der Waals surface area contributed by atoms with Gasteiger partial charge in [0.1, 0.15) is 12.3 Å². The molecule has 0 saturated carbocycles. The molecule has 0 saturated heterocycles. The number of nitrogens with zero attached hydrogens (tertiary/aromatic N) is 2. The average molecular weight is 485 g/mol. The maximum absolute atomic E-state index is 13.7. The van der Waals surface area contributed by atoms with Crippen molar-refractivity contribution < 1.29 is 17.9 Å². The van der Waals surface area contributed by atoms with Gasteiger partial charge in [0, 0.05) is 12.2 Å². The highest BCUT2D eigenvalue weighted by Crippen LogP contribution is 2.33. The van der Waals surface area contributed by atoms with Gasteiger partial charge in [0.05, 0.1) is 22.7 Å². The first-order valence-corrected chi connectivity index (χ1v) is 12.4. The van der Waals surface area contributed by atoms with Crippen LogP contribution < -0.4 is 13.9 Å². The standard InChI is InChI=1S/C25H25ClN2O4S/c1-18-9-12-21(13-10-18)33(30,31)28(20-11-14-24(32-2)22(26)16-20)17-25(29)27-15-5-7-19-6-3-4-8-23(19)27/h3-4,6,8-14,16H,5,7,15,17H2,1-2H3. The van der Waals surface area contributed by atoms with Gasteiger partial charge in [-0.2, -0.15) is 0 Å². The van der Waals surface area contributed by atoms with Crippen LogP contribution in [0.4, 0.5) is 11.4 Å². The SMILES string of the molecule is COc1ccc(N(CC(=O)N2CCCc3ccccc32)S(=O)(=O)c2ccc(C)cc2)cc1Cl.